The van der Waals surface area contributed by atoms with Crippen molar-refractivity contribution in [2.45, 2.75) is 98.9 Å². The van der Waals surface area contributed by atoms with Gasteiger partial charge in [0.05, 0.1) is 11.3 Å². The van der Waals surface area contributed by atoms with E-state index in [-0.39, 0.29) is 62.0 Å². The van der Waals surface area contributed by atoms with Crippen LogP contribution in [0, 0.1) is 0 Å². The molecule has 1 aliphatic heterocycles. The summed E-state index contributed by atoms with van der Waals surface area (Å²) in [5.74, 6) is -0.242. The van der Waals surface area contributed by atoms with Crippen molar-refractivity contribution in [2.24, 2.45) is 0 Å². The first-order valence-electron chi connectivity index (χ1n) is 12.9. The number of hydrogen-bond donors (Lipinski definition) is 2. The van der Waals surface area contributed by atoms with Crippen molar-refractivity contribution >= 4 is 18.2 Å². The standard InChI is InChI=1S/C27H38N4O6.HI/c1-6-9-24(32)37-17-30-12-7-10-20(14-30)25-22(16-36-27(34)29-19(4)5)21(23-11-8-13-31(23)25)15-35-26(33)28-18(2)3;/h7,10,12,14,18-19H,6,8-9,11,13,15-17H2,1-5H3,(H-,28,29,33,34);1H. The number of halogens is 1. The van der Waals surface area contributed by atoms with Crippen LogP contribution in [0.5, 0.6) is 0 Å². The van der Waals surface area contributed by atoms with Gasteiger partial charge in [-0.25, -0.2) is 9.59 Å². The van der Waals surface area contributed by atoms with Gasteiger partial charge in [0, 0.05) is 47.9 Å². The monoisotopic (exact) mass is 642 g/mol. The van der Waals surface area contributed by atoms with Crippen molar-refractivity contribution < 1.29 is 57.1 Å². The number of nitrogens with one attached hydrogen (secondary N) is 2. The van der Waals surface area contributed by atoms with Crippen LogP contribution in [-0.2, 0) is 51.9 Å². The number of carbonyl (C=O) groups excluding carboxylic acids is 3. The van der Waals surface area contributed by atoms with Crippen LogP contribution in [0.4, 0.5) is 9.59 Å². The SMILES string of the molecule is CCCC(=O)OC[n+]1cccc(-c2c(COC(=O)NC(C)C)c(COC(=O)NC(C)C)c3n2CCC3)c1.[I-]. The van der Waals surface area contributed by atoms with E-state index in [1.165, 1.54) is 0 Å². The molecule has 0 saturated carbocycles. The Balaban J connectivity index is 0.00000507. The third-order valence-corrected chi connectivity index (χ3v) is 5.86. The highest BCUT2D eigenvalue weighted by Gasteiger charge is 2.29. The van der Waals surface area contributed by atoms with Gasteiger partial charge in [0.1, 0.15) is 13.2 Å². The molecule has 2 N–H and O–H groups in total. The second kappa shape index (κ2) is 14.9. The predicted molar refractivity (Wildman–Crippen MR) is 136 cm³/mol. The summed E-state index contributed by atoms with van der Waals surface area (Å²) >= 11 is 0. The van der Waals surface area contributed by atoms with Gasteiger partial charge in [-0.3, -0.25) is 4.79 Å². The number of alkyl carbamates (subject to hydrolysis) is 2. The Hall–Kier alpha value is -2.83. The number of nitrogens with zero attached hydrogens (tertiary/aromatic N) is 2. The molecule has 0 saturated heterocycles. The molecule has 3 heterocycles. The molecule has 10 nitrogen and oxygen atoms in total. The van der Waals surface area contributed by atoms with E-state index in [9.17, 15) is 14.4 Å². The molecule has 210 valence electrons. The lowest BCUT2D eigenvalue weighted by molar-refractivity contribution is -0.727. The Morgan fingerprint density at radius 3 is 2.24 bits per heavy atom. The molecule has 2 amide bonds. The Kier molecular flexibility index (Phi) is 12.3. The van der Waals surface area contributed by atoms with Gasteiger partial charge >= 0.3 is 18.2 Å². The Morgan fingerprint density at radius 1 is 1.00 bits per heavy atom. The van der Waals surface area contributed by atoms with Gasteiger partial charge in [-0.15, -0.1) is 0 Å². The molecule has 2 aromatic heterocycles. The van der Waals surface area contributed by atoms with Gasteiger partial charge in [-0.05, 0) is 53.0 Å². The van der Waals surface area contributed by atoms with Gasteiger partial charge in [-0.2, -0.15) is 4.57 Å². The summed E-state index contributed by atoms with van der Waals surface area (Å²) in [5.41, 5.74) is 4.51. The summed E-state index contributed by atoms with van der Waals surface area (Å²) in [4.78, 5) is 36.4. The van der Waals surface area contributed by atoms with Crippen molar-refractivity contribution in [3.05, 3.63) is 41.3 Å². The number of amides is 2. The van der Waals surface area contributed by atoms with Crippen LogP contribution in [0.3, 0.4) is 0 Å². The highest BCUT2D eigenvalue weighted by Crippen LogP contribution is 2.36. The number of esters is 1. The van der Waals surface area contributed by atoms with Crippen LogP contribution in [0.25, 0.3) is 11.3 Å². The summed E-state index contributed by atoms with van der Waals surface area (Å²) in [7, 11) is 0. The fourth-order valence-electron chi connectivity index (χ4n) is 4.37. The van der Waals surface area contributed by atoms with E-state index in [4.69, 9.17) is 14.2 Å². The quantitative estimate of drug-likeness (QED) is 0.164. The van der Waals surface area contributed by atoms with Crippen LogP contribution >= 0.6 is 0 Å². The lowest BCUT2D eigenvalue weighted by atomic mass is 10.0. The molecule has 0 fully saturated rings. The fraction of sp³-hybridized carbons (Fsp3) is 0.556. The third-order valence-electron chi connectivity index (χ3n) is 5.86. The van der Waals surface area contributed by atoms with E-state index >= 15 is 0 Å². The second-order valence-corrected chi connectivity index (χ2v) is 9.76. The summed E-state index contributed by atoms with van der Waals surface area (Å²) in [5, 5.41) is 5.49. The number of carbonyl (C=O) groups is 3. The number of ether oxygens (including phenoxy) is 3. The molecule has 3 rings (SSSR count). The lowest BCUT2D eigenvalue weighted by Gasteiger charge is -2.14. The number of pyridine rings is 1. The first-order valence-corrected chi connectivity index (χ1v) is 12.9. The predicted octanol–water partition coefficient (Wildman–Crippen LogP) is 0.963. The number of rotatable bonds is 11. The molecule has 0 radical (unpaired) electrons. The zero-order valence-corrected chi connectivity index (χ0v) is 25.0. The van der Waals surface area contributed by atoms with Gasteiger partial charge in [0.15, 0.2) is 12.4 Å². The lowest BCUT2D eigenvalue weighted by Crippen LogP contribution is -3.00. The van der Waals surface area contributed by atoms with E-state index in [1.807, 2.05) is 59.1 Å². The molecular formula is C27H39IN4O6. The number of hydrogen-bond acceptors (Lipinski definition) is 6. The van der Waals surface area contributed by atoms with E-state index in [0.29, 0.717) is 6.42 Å². The normalized spacial score (nSPS) is 12.1. The van der Waals surface area contributed by atoms with Crippen molar-refractivity contribution in [2.75, 3.05) is 0 Å². The maximum Gasteiger partial charge on any atom is 0.407 e. The van der Waals surface area contributed by atoms with Crippen LogP contribution in [-0.4, -0.2) is 34.8 Å². The average Bonchev–Trinajstić information content (AvgIpc) is 3.40. The average molecular weight is 643 g/mol. The largest absolute Gasteiger partial charge is 1.00 e. The number of fused-ring (bicyclic) bond motifs is 1. The second-order valence-electron chi connectivity index (χ2n) is 9.76. The van der Waals surface area contributed by atoms with Crippen molar-refractivity contribution in [1.82, 2.24) is 15.2 Å². The minimum absolute atomic E-state index is 0. The van der Waals surface area contributed by atoms with E-state index in [1.54, 1.807) is 4.57 Å². The molecule has 2 aromatic rings. The molecule has 0 unspecified atom stereocenters. The van der Waals surface area contributed by atoms with Crippen LogP contribution < -0.4 is 39.2 Å². The zero-order valence-electron chi connectivity index (χ0n) is 22.8. The topological polar surface area (TPSA) is 112 Å². The summed E-state index contributed by atoms with van der Waals surface area (Å²) in [6.45, 7) is 10.4. The summed E-state index contributed by atoms with van der Waals surface area (Å²) < 4.78 is 20.5. The fourth-order valence-corrected chi connectivity index (χ4v) is 4.37. The van der Waals surface area contributed by atoms with Crippen molar-refractivity contribution in [3.8, 4) is 11.3 Å². The molecule has 0 spiro atoms. The van der Waals surface area contributed by atoms with Gasteiger partial charge in [0.2, 0.25) is 0 Å². The molecule has 1 aliphatic rings. The smallest absolute Gasteiger partial charge is 0.407 e. The number of aromatic nitrogens is 2. The highest BCUT2D eigenvalue weighted by molar-refractivity contribution is 5.71. The van der Waals surface area contributed by atoms with Crippen LogP contribution in [0.1, 0.15) is 70.7 Å². The Morgan fingerprint density at radius 2 is 1.63 bits per heavy atom. The van der Waals surface area contributed by atoms with Gasteiger partial charge in [-0.1, -0.05) is 6.92 Å². The molecule has 0 atom stereocenters. The van der Waals surface area contributed by atoms with Crippen molar-refractivity contribution in [3.63, 3.8) is 0 Å². The van der Waals surface area contributed by atoms with E-state index < -0.39 is 12.2 Å². The Labute approximate surface area is 241 Å². The minimum Gasteiger partial charge on any atom is -1.00 e. The Bertz CT molecular complexity index is 1120. The highest BCUT2D eigenvalue weighted by atomic mass is 127. The molecule has 0 bridgehead atoms. The molecule has 0 aliphatic carbocycles. The molecule has 0 aromatic carbocycles. The zero-order chi connectivity index (χ0) is 26.9. The van der Waals surface area contributed by atoms with Crippen LogP contribution in [0.2, 0.25) is 0 Å². The first kappa shape index (κ1) is 31.4. The van der Waals surface area contributed by atoms with E-state index in [0.717, 1.165) is 53.9 Å². The molecule has 11 heteroatoms. The summed E-state index contributed by atoms with van der Waals surface area (Å²) in [6.07, 6.45) is 5.64. The van der Waals surface area contributed by atoms with Gasteiger partial charge in [0.25, 0.3) is 6.73 Å². The van der Waals surface area contributed by atoms with Crippen LogP contribution in [0.15, 0.2) is 24.5 Å². The summed E-state index contributed by atoms with van der Waals surface area (Å²) in [6, 6.07) is 3.76. The molecule has 38 heavy (non-hydrogen) atoms. The van der Waals surface area contributed by atoms with E-state index in [2.05, 4.69) is 15.2 Å². The third kappa shape index (κ3) is 8.60. The maximum atomic E-state index is 12.3. The van der Waals surface area contributed by atoms with Crippen molar-refractivity contribution in [1.29, 1.82) is 0 Å². The molecular weight excluding hydrogens is 603 g/mol. The van der Waals surface area contributed by atoms with Gasteiger partial charge < -0.3 is 53.4 Å². The minimum atomic E-state index is -0.511. The maximum absolute atomic E-state index is 12.3. The first-order chi connectivity index (χ1) is 17.7.